The minimum Gasteiger partial charge on any atom is -0.495 e. The first-order chi connectivity index (χ1) is 20.8. The van der Waals surface area contributed by atoms with Gasteiger partial charge in [-0.05, 0) is 62.6 Å². The number of nitrogens with zero attached hydrogens (tertiary/aromatic N) is 3. The van der Waals surface area contributed by atoms with Gasteiger partial charge in [0.2, 0.25) is 5.91 Å². The summed E-state index contributed by atoms with van der Waals surface area (Å²) in [6, 6.07) is 9.56. The smallest absolute Gasteiger partial charge is 0.422 e. The SMILES string of the molecule is COc1cn(C(CCOC2(C)CCC2)C(=O)Nc2ccc3nn(C)cc3c2)c(=O)cc1-c1cc(Cl)ccc1OCC(F)(F)F. The summed E-state index contributed by atoms with van der Waals surface area (Å²) in [5, 5.41) is 8.29. The maximum absolute atomic E-state index is 13.7. The number of pyridine rings is 1. The van der Waals surface area contributed by atoms with Crippen LogP contribution in [0.5, 0.6) is 11.5 Å². The highest BCUT2D eigenvalue weighted by molar-refractivity contribution is 6.31. The molecular formula is C31H32ClF3N4O5. The van der Waals surface area contributed by atoms with Crippen LogP contribution in [0.1, 0.15) is 38.6 Å². The van der Waals surface area contributed by atoms with Gasteiger partial charge >= 0.3 is 6.18 Å². The third-order valence-electron chi connectivity index (χ3n) is 7.67. The predicted molar refractivity (Wildman–Crippen MR) is 160 cm³/mol. The van der Waals surface area contributed by atoms with Gasteiger partial charge in [0, 0.05) is 59.6 Å². The molecule has 0 aliphatic heterocycles. The Bertz CT molecular complexity index is 1730. The summed E-state index contributed by atoms with van der Waals surface area (Å²) in [5.74, 6) is -0.459. The van der Waals surface area contributed by atoms with Crippen molar-refractivity contribution >= 4 is 34.1 Å². The number of anilines is 1. The zero-order valence-corrected chi connectivity index (χ0v) is 25.2. The minimum absolute atomic E-state index is 0.130. The summed E-state index contributed by atoms with van der Waals surface area (Å²) in [4.78, 5) is 27.4. The predicted octanol–water partition coefficient (Wildman–Crippen LogP) is 6.53. The molecule has 0 bridgehead atoms. The van der Waals surface area contributed by atoms with E-state index in [9.17, 15) is 22.8 Å². The quantitative estimate of drug-likeness (QED) is 0.202. The van der Waals surface area contributed by atoms with Gasteiger partial charge in [-0.1, -0.05) is 11.6 Å². The number of hydrogen-bond acceptors (Lipinski definition) is 6. The van der Waals surface area contributed by atoms with Crippen molar-refractivity contribution in [2.45, 2.75) is 50.4 Å². The van der Waals surface area contributed by atoms with Gasteiger partial charge in [0.25, 0.3) is 5.56 Å². The van der Waals surface area contributed by atoms with E-state index in [4.69, 9.17) is 25.8 Å². The summed E-state index contributed by atoms with van der Waals surface area (Å²) < 4.78 is 58.4. The van der Waals surface area contributed by atoms with Gasteiger partial charge in [0.05, 0.1) is 24.4 Å². The number of carbonyl (C=O) groups excluding carboxylic acids is 1. The molecule has 1 saturated carbocycles. The second kappa shape index (κ2) is 12.5. The molecule has 1 unspecified atom stereocenters. The highest BCUT2D eigenvalue weighted by Gasteiger charge is 2.34. The molecule has 4 aromatic rings. The van der Waals surface area contributed by atoms with Crippen LogP contribution >= 0.6 is 11.6 Å². The summed E-state index contributed by atoms with van der Waals surface area (Å²) in [7, 11) is 3.16. The number of ether oxygens (including phenoxy) is 3. The number of aromatic nitrogens is 3. The first kappa shape index (κ1) is 31.4. The lowest BCUT2D eigenvalue weighted by Gasteiger charge is -2.38. The van der Waals surface area contributed by atoms with Crippen molar-refractivity contribution in [2.24, 2.45) is 7.05 Å². The van der Waals surface area contributed by atoms with Crippen molar-refractivity contribution in [3.63, 3.8) is 0 Å². The first-order valence-corrected chi connectivity index (χ1v) is 14.4. The fraction of sp³-hybridized carbons (Fsp3) is 0.387. The number of halogens is 4. The largest absolute Gasteiger partial charge is 0.495 e. The second-order valence-corrected chi connectivity index (χ2v) is 11.5. The monoisotopic (exact) mass is 632 g/mol. The number of hydrogen-bond donors (Lipinski definition) is 1. The third kappa shape index (κ3) is 7.19. The summed E-state index contributed by atoms with van der Waals surface area (Å²) in [6.07, 6.45) is 1.68. The molecule has 9 nitrogen and oxygen atoms in total. The van der Waals surface area contributed by atoms with Gasteiger partial charge in [-0.3, -0.25) is 18.8 Å². The Morgan fingerprint density at radius 2 is 1.86 bits per heavy atom. The number of amides is 1. The standard InChI is InChI=1S/C31H32ClF3N4O5/c1-30(10-4-11-30)44-12-9-25(29(41)36-21-6-7-24-19(13-21)16-38(2)37-24)39-17-27(42-3)23(15-28(39)40)22-14-20(32)5-8-26(22)43-18-31(33,34)35/h5-8,13-17,25H,4,9-12,18H2,1-3H3,(H,36,41). The van der Waals surface area contributed by atoms with Crippen LogP contribution in [0.4, 0.5) is 18.9 Å². The van der Waals surface area contributed by atoms with Gasteiger partial charge in [-0.25, -0.2) is 0 Å². The van der Waals surface area contributed by atoms with E-state index >= 15 is 0 Å². The van der Waals surface area contributed by atoms with E-state index in [0.29, 0.717) is 5.69 Å². The molecular weight excluding hydrogens is 601 g/mol. The number of rotatable bonds is 11. The molecule has 44 heavy (non-hydrogen) atoms. The Kier molecular flexibility index (Phi) is 8.94. The molecule has 13 heteroatoms. The number of aryl methyl sites for hydroxylation is 1. The van der Waals surface area contributed by atoms with E-state index < -0.39 is 30.3 Å². The molecule has 1 N–H and O–H groups in total. The lowest BCUT2D eigenvalue weighted by atomic mass is 9.82. The molecule has 0 spiro atoms. The van der Waals surface area contributed by atoms with Gasteiger partial charge in [0.15, 0.2) is 6.61 Å². The van der Waals surface area contributed by atoms with Crippen molar-refractivity contribution in [3.05, 3.63) is 70.2 Å². The number of nitrogens with one attached hydrogen (secondary N) is 1. The molecule has 0 saturated heterocycles. The molecule has 1 amide bonds. The average molecular weight is 633 g/mol. The van der Waals surface area contributed by atoms with Crippen LogP contribution in [-0.4, -0.2) is 52.4 Å². The topological polar surface area (TPSA) is 96.6 Å². The molecule has 2 aromatic carbocycles. The van der Waals surface area contributed by atoms with Crippen molar-refractivity contribution in [1.29, 1.82) is 0 Å². The Morgan fingerprint density at radius 3 is 2.55 bits per heavy atom. The number of benzene rings is 2. The normalized spacial score (nSPS) is 15.1. The Hall–Kier alpha value is -4.03. The van der Waals surface area contributed by atoms with Crippen molar-refractivity contribution in [1.82, 2.24) is 14.3 Å². The fourth-order valence-corrected chi connectivity index (χ4v) is 5.40. The van der Waals surface area contributed by atoms with E-state index in [1.165, 1.54) is 42.1 Å². The van der Waals surface area contributed by atoms with Crippen LogP contribution in [0.15, 0.2) is 59.7 Å². The molecule has 1 fully saturated rings. The van der Waals surface area contributed by atoms with Crippen LogP contribution in [0.25, 0.3) is 22.0 Å². The fourth-order valence-electron chi connectivity index (χ4n) is 5.23. The number of methoxy groups -OCH3 is 1. The minimum atomic E-state index is -4.58. The number of fused-ring (bicyclic) bond motifs is 1. The lowest BCUT2D eigenvalue weighted by molar-refractivity contribution is -0.153. The van der Waals surface area contributed by atoms with Gasteiger partial charge in [-0.2, -0.15) is 18.3 Å². The molecule has 2 aromatic heterocycles. The Balaban J connectivity index is 1.49. The van der Waals surface area contributed by atoms with Crippen LogP contribution in [-0.2, 0) is 16.6 Å². The maximum atomic E-state index is 13.7. The zero-order chi connectivity index (χ0) is 31.6. The Labute approximate surface area is 256 Å². The molecule has 234 valence electrons. The highest BCUT2D eigenvalue weighted by Crippen LogP contribution is 2.39. The first-order valence-electron chi connectivity index (χ1n) is 14.0. The van der Waals surface area contributed by atoms with E-state index in [1.54, 1.807) is 29.9 Å². The molecule has 1 aliphatic carbocycles. The van der Waals surface area contributed by atoms with Crippen LogP contribution in [0, 0.1) is 0 Å². The van der Waals surface area contributed by atoms with Crippen molar-refractivity contribution < 1.29 is 32.2 Å². The van der Waals surface area contributed by atoms with Crippen molar-refractivity contribution in [3.8, 4) is 22.6 Å². The Morgan fingerprint density at radius 1 is 1.11 bits per heavy atom. The molecule has 5 rings (SSSR count). The number of alkyl halides is 3. The average Bonchev–Trinajstić information content (AvgIpc) is 3.32. The van der Waals surface area contributed by atoms with E-state index in [1.807, 2.05) is 13.1 Å². The van der Waals surface area contributed by atoms with Gasteiger partial charge in [-0.15, -0.1) is 0 Å². The third-order valence-corrected chi connectivity index (χ3v) is 7.90. The van der Waals surface area contributed by atoms with Gasteiger partial charge < -0.3 is 19.5 Å². The van der Waals surface area contributed by atoms with E-state index in [-0.39, 0.29) is 46.3 Å². The lowest BCUT2D eigenvalue weighted by Crippen LogP contribution is -2.38. The van der Waals surface area contributed by atoms with Gasteiger partial charge in [0.1, 0.15) is 17.5 Å². The molecule has 1 aliphatic rings. The highest BCUT2D eigenvalue weighted by atomic mass is 35.5. The summed E-state index contributed by atoms with van der Waals surface area (Å²) in [5.41, 5.74) is 0.732. The number of carbonyl (C=O) groups is 1. The van der Waals surface area contributed by atoms with Crippen molar-refractivity contribution in [2.75, 3.05) is 25.6 Å². The van der Waals surface area contributed by atoms with Crippen LogP contribution < -0.4 is 20.3 Å². The molecule has 1 atom stereocenters. The van der Waals surface area contributed by atoms with E-state index in [0.717, 1.165) is 30.2 Å². The summed E-state index contributed by atoms with van der Waals surface area (Å²) >= 11 is 6.17. The van der Waals surface area contributed by atoms with Crippen LogP contribution in [0.3, 0.4) is 0 Å². The maximum Gasteiger partial charge on any atom is 0.422 e. The summed E-state index contributed by atoms with van der Waals surface area (Å²) in [6.45, 7) is 0.700. The zero-order valence-electron chi connectivity index (χ0n) is 24.4. The van der Waals surface area contributed by atoms with Crippen LogP contribution in [0.2, 0.25) is 5.02 Å². The second-order valence-electron chi connectivity index (χ2n) is 11.1. The molecule has 0 radical (unpaired) electrons. The molecule has 2 heterocycles. The van der Waals surface area contributed by atoms with E-state index in [2.05, 4.69) is 10.4 Å².